The molecule has 1 atom stereocenters. The van der Waals surface area contributed by atoms with Gasteiger partial charge in [-0.15, -0.1) is 10.2 Å². The van der Waals surface area contributed by atoms with Crippen molar-refractivity contribution in [3.05, 3.63) is 12.2 Å². The van der Waals surface area contributed by atoms with Gasteiger partial charge in [-0.25, -0.2) is 4.99 Å². The van der Waals surface area contributed by atoms with Crippen molar-refractivity contribution in [1.29, 1.82) is 0 Å². The fourth-order valence-corrected chi connectivity index (χ4v) is 1.66. The maximum atomic E-state index is 5.10. The molecule has 0 fully saturated rings. The average Bonchev–Trinajstić information content (AvgIpc) is 2.84. The van der Waals surface area contributed by atoms with E-state index in [0.29, 0.717) is 13.2 Å². The quantitative estimate of drug-likeness (QED) is 0.552. The first-order valence-electron chi connectivity index (χ1n) is 6.61. The van der Waals surface area contributed by atoms with E-state index in [-0.39, 0.29) is 6.04 Å². The van der Waals surface area contributed by atoms with Crippen LogP contribution >= 0.6 is 0 Å². The molecule has 1 aromatic rings. The molecule has 1 rings (SSSR count). The number of hydrogen-bond donors (Lipinski definition) is 2. The van der Waals surface area contributed by atoms with Gasteiger partial charge in [0.1, 0.15) is 12.9 Å². The maximum Gasteiger partial charge on any atom is 0.191 e. The highest BCUT2D eigenvalue weighted by Crippen LogP contribution is 1.97. The molecular formula is C12H24N6O. The number of rotatable bonds is 7. The number of ether oxygens (including phenoxy) is 1. The van der Waals surface area contributed by atoms with Crippen LogP contribution in [-0.4, -0.2) is 47.0 Å². The van der Waals surface area contributed by atoms with Crippen molar-refractivity contribution in [2.45, 2.75) is 39.9 Å². The van der Waals surface area contributed by atoms with Crippen LogP contribution in [0.4, 0.5) is 0 Å². The zero-order valence-corrected chi connectivity index (χ0v) is 12.2. The Kier molecular flexibility index (Phi) is 6.88. The number of nitrogens with zero attached hydrogens (tertiary/aromatic N) is 4. The van der Waals surface area contributed by atoms with E-state index < -0.39 is 0 Å². The van der Waals surface area contributed by atoms with Gasteiger partial charge in [0.05, 0.1) is 6.61 Å². The van der Waals surface area contributed by atoms with Crippen LogP contribution in [0.3, 0.4) is 0 Å². The molecular weight excluding hydrogens is 244 g/mol. The van der Waals surface area contributed by atoms with Gasteiger partial charge in [-0.1, -0.05) is 0 Å². The first kappa shape index (κ1) is 15.4. The van der Waals surface area contributed by atoms with Crippen molar-refractivity contribution < 1.29 is 4.74 Å². The highest BCUT2D eigenvalue weighted by atomic mass is 16.5. The molecule has 1 heterocycles. The van der Waals surface area contributed by atoms with Crippen molar-refractivity contribution in [3.8, 4) is 0 Å². The van der Waals surface area contributed by atoms with Crippen LogP contribution in [0.2, 0.25) is 0 Å². The van der Waals surface area contributed by atoms with Gasteiger partial charge in [0.2, 0.25) is 0 Å². The number of hydrogen-bond acceptors (Lipinski definition) is 4. The highest BCUT2D eigenvalue weighted by molar-refractivity contribution is 5.79. The summed E-state index contributed by atoms with van der Waals surface area (Å²) >= 11 is 0. The summed E-state index contributed by atoms with van der Waals surface area (Å²) in [5, 5.41) is 14.4. The van der Waals surface area contributed by atoms with Crippen LogP contribution in [-0.2, 0) is 17.8 Å². The first-order chi connectivity index (χ1) is 9.21. The van der Waals surface area contributed by atoms with E-state index in [9.17, 15) is 0 Å². The minimum Gasteiger partial charge on any atom is -0.383 e. The molecule has 7 nitrogen and oxygen atoms in total. The van der Waals surface area contributed by atoms with Crippen LogP contribution in [0.25, 0.3) is 0 Å². The minimum absolute atomic E-state index is 0.201. The van der Waals surface area contributed by atoms with Crippen molar-refractivity contribution in [2.75, 3.05) is 20.3 Å². The Labute approximate surface area is 114 Å². The van der Waals surface area contributed by atoms with Crippen LogP contribution in [0.15, 0.2) is 11.3 Å². The zero-order valence-electron chi connectivity index (χ0n) is 12.2. The molecule has 0 saturated heterocycles. The molecule has 0 spiro atoms. The van der Waals surface area contributed by atoms with Gasteiger partial charge in [0.15, 0.2) is 11.8 Å². The standard InChI is InChI=1S/C12H24N6O/c1-5-13-12(16-10(3)8-19-4)14-7-11-17-15-9-18(11)6-2/h9-10H,5-8H2,1-4H3,(H2,13,14,16). The molecule has 1 aromatic heterocycles. The first-order valence-corrected chi connectivity index (χ1v) is 6.61. The second kappa shape index (κ2) is 8.47. The lowest BCUT2D eigenvalue weighted by molar-refractivity contribution is 0.179. The molecule has 0 aliphatic carbocycles. The summed E-state index contributed by atoms with van der Waals surface area (Å²) in [6, 6.07) is 0.201. The van der Waals surface area contributed by atoms with E-state index in [4.69, 9.17) is 4.74 Å². The van der Waals surface area contributed by atoms with E-state index in [0.717, 1.165) is 24.9 Å². The minimum atomic E-state index is 0.201. The number of methoxy groups -OCH3 is 1. The number of aliphatic imine (C=N–C) groups is 1. The van der Waals surface area contributed by atoms with Crippen LogP contribution in [0, 0.1) is 0 Å². The zero-order chi connectivity index (χ0) is 14.1. The Hall–Kier alpha value is -1.63. The fraction of sp³-hybridized carbons (Fsp3) is 0.750. The summed E-state index contributed by atoms with van der Waals surface area (Å²) in [7, 11) is 1.69. The molecule has 1 unspecified atom stereocenters. The molecule has 0 radical (unpaired) electrons. The van der Waals surface area contributed by atoms with E-state index in [1.807, 2.05) is 18.4 Å². The average molecular weight is 268 g/mol. The molecule has 0 aliphatic rings. The van der Waals surface area contributed by atoms with E-state index in [1.54, 1.807) is 13.4 Å². The summed E-state index contributed by atoms with van der Waals surface area (Å²) in [5.41, 5.74) is 0. The largest absolute Gasteiger partial charge is 0.383 e. The van der Waals surface area contributed by atoms with Crippen molar-refractivity contribution in [3.63, 3.8) is 0 Å². The van der Waals surface area contributed by atoms with Gasteiger partial charge in [-0.05, 0) is 20.8 Å². The molecule has 0 aromatic carbocycles. The van der Waals surface area contributed by atoms with Crippen molar-refractivity contribution in [2.24, 2.45) is 4.99 Å². The summed E-state index contributed by atoms with van der Waals surface area (Å²) in [6.07, 6.45) is 1.72. The van der Waals surface area contributed by atoms with Crippen molar-refractivity contribution >= 4 is 5.96 Å². The smallest absolute Gasteiger partial charge is 0.191 e. The fourth-order valence-electron chi connectivity index (χ4n) is 1.66. The van der Waals surface area contributed by atoms with Crippen LogP contribution in [0.1, 0.15) is 26.6 Å². The van der Waals surface area contributed by atoms with E-state index in [2.05, 4.69) is 32.7 Å². The summed E-state index contributed by atoms with van der Waals surface area (Å²) in [4.78, 5) is 4.50. The molecule has 7 heteroatoms. The van der Waals surface area contributed by atoms with Gasteiger partial charge in [-0.2, -0.15) is 0 Å². The predicted molar refractivity (Wildman–Crippen MR) is 75.0 cm³/mol. The monoisotopic (exact) mass is 268 g/mol. The third-order valence-electron chi connectivity index (χ3n) is 2.56. The Morgan fingerprint density at radius 2 is 2.32 bits per heavy atom. The molecule has 2 N–H and O–H groups in total. The lowest BCUT2D eigenvalue weighted by Crippen LogP contribution is -2.44. The second-order valence-electron chi connectivity index (χ2n) is 4.23. The molecule has 108 valence electrons. The maximum absolute atomic E-state index is 5.10. The SMILES string of the molecule is CCNC(=NCc1nncn1CC)NC(C)COC. The summed E-state index contributed by atoms with van der Waals surface area (Å²) in [6.45, 7) is 8.94. The van der Waals surface area contributed by atoms with Gasteiger partial charge in [0, 0.05) is 26.2 Å². The molecule has 0 aliphatic heterocycles. The van der Waals surface area contributed by atoms with Crippen LogP contribution < -0.4 is 10.6 Å². The van der Waals surface area contributed by atoms with Crippen molar-refractivity contribution in [1.82, 2.24) is 25.4 Å². The lowest BCUT2D eigenvalue weighted by Gasteiger charge is -2.16. The third kappa shape index (κ3) is 5.25. The summed E-state index contributed by atoms with van der Waals surface area (Å²) in [5.74, 6) is 1.62. The summed E-state index contributed by atoms with van der Waals surface area (Å²) < 4.78 is 7.08. The predicted octanol–water partition coefficient (Wildman–Crippen LogP) is 0.388. The highest BCUT2D eigenvalue weighted by Gasteiger charge is 2.06. The van der Waals surface area contributed by atoms with E-state index >= 15 is 0 Å². The lowest BCUT2D eigenvalue weighted by atomic mass is 10.4. The number of aromatic nitrogens is 3. The number of guanidine groups is 1. The Morgan fingerprint density at radius 1 is 1.53 bits per heavy atom. The Bertz CT molecular complexity index is 389. The molecule has 19 heavy (non-hydrogen) atoms. The Morgan fingerprint density at radius 3 is 2.95 bits per heavy atom. The molecule has 0 amide bonds. The van der Waals surface area contributed by atoms with Gasteiger partial charge in [0.25, 0.3) is 0 Å². The van der Waals surface area contributed by atoms with E-state index in [1.165, 1.54) is 0 Å². The van der Waals surface area contributed by atoms with Gasteiger partial charge >= 0.3 is 0 Å². The number of nitrogens with one attached hydrogen (secondary N) is 2. The Balaban J connectivity index is 2.62. The van der Waals surface area contributed by atoms with Gasteiger partial charge in [-0.3, -0.25) is 0 Å². The second-order valence-corrected chi connectivity index (χ2v) is 4.23. The normalized spacial score (nSPS) is 13.4. The topological polar surface area (TPSA) is 76.4 Å². The van der Waals surface area contributed by atoms with Crippen LogP contribution in [0.5, 0.6) is 0 Å². The molecule has 0 saturated carbocycles. The number of aryl methyl sites for hydroxylation is 1. The molecule has 0 bridgehead atoms. The third-order valence-corrected chi connectivity index (χ3v) is 2.56. The van der Waals surface area contributed by atoms with Gasteiger partial charge < -0.3 is 19.9 Å².